The van der Waals surface area contributed by atoms with Gasteiger partial charge in [0.25, 0.3) is 5.91 Å². The second-order valence-electron chi connectivity index (χ2n) is 7.19. The number of nitrogens with zero attached hydrogens (tertiary/aromatic N) is 2. The van der Waals surface area contributed by atoms with Gasteiger partial charge in [0, 0.05) is 17.7 Å². The number of hydrogen-bond acceptors (Lipinski definition) is 6. The summed E-state index contributed by atoms with van der Waals surface area (Å²) in [6.45, 7) is 0.176. The Hall–Kier alpha value is -3.95. The Bertz CT molecular complexity index is 1410. The van der Waals surface area contributed by atoms with Gasteiger partial charge in [0.2, 0.25) is 0 Å². The number of aliphatic hydroxyl groups excluding tert-OH is 1. The average Bonchev–Trinajstić information content (AvgIpc) is 2.83. The minimum absolute atomic E-state index is 0.0130. The van der Waals surface area contributed by atoms with Crippen LogP contribution in [0.4, 0.5) is 20.3 Å². The SMILES string of the molecule is O=C(Nc1ccc(Cl)c(C(=O)c2ccc3ncc(NCCO)nc3c2)c1F)c1cccc(F)c1. The molecule has 0 saturated heterocycles. The van der Waals surface area contributed by atoms with Crippen LogP contribution in [0.1, 0.15) is 26.3 Å². The maximum absolute atomic E-state index is 15.3. The molecule has 0 saturated carbocycles. The highest BCUT2D eigenvalue weighted by Gasteiger charge is 2.22. The molecule has 10 heteroatoms. The molecule has 1 aromatic heterocycles. The van der Waals surface area contributed by atoms with Crippen LogP contribution in [0.25, 0.3) is 11.0 Å². The number of carbonyl (C=O) groups excluding carboxylic acids is 2. The maximum Gasteiger partial charge on any atom is 0.255 e. The van der Waals surface area contributed by atoms with Crippen molar-refractivity contribution in [3.8, 4) is 0 Å². The third-order valence-corrected chi connectivity index (χ3v) is 5.19. The summed E-state index contributed by atoms with van der Waals surface area (Å²) in [5, 5.41) is 14.0. The Balaban J connectivity index is 1.66. The number of anilines is 2. The van der Waals surface area contributed by atoms with Crippen LogP contribution in [0.15, 0.2) is 60.8 Å². The summed E-state index contributed by atoms with van der Waals surface area (Å²) in [6, 6.07) is 11.9. The number of halogens is 3. The van der Waals surface area contributed by atoms with Crippen LogP contribution in [0.5, 0.6) is 0 Å². The molecule has 0 unspecified atom stereocenters. The van der Waals surface area contributed by atoms with Crippen molar-refractivity contribution in [1.29, 1.82) is 0 Å². The fourth-order valence-electron chi connectivity index (χ4n) is 3.25. The van der Waals surface area contributed by atoms with Crippen molar-refractivity contribution in [2.24, 2.45) is 0 Å². The first-order valence-electron chi connectivity index (χ1n) is 10.1. The van der Waals surface area contributed by atoms with Crippen LogP contribution in [0, 0.1) is 11.6 Å². The summed E-state index contributed by atoms with van der Waals surface area (Å²) < 4.78 is 28.7. The predicted octanol–water partition coefficient (Wildman–Crippen LogP) is 4.45. The van der Waals surface area contributed by atoms with E-state index in [9.17, 15) is 14.0 Å². The molecule has 1 heterocycles. The van der Waals surface area contributed by atoms with Gasteiger partial charge in [-0.15, -0.1) is 0 Å². The Labute approximate surface area is 197 Å². The van der Waals surface area contributed by atoms with Crippen molar-refractivity contribution >= 4 is 45.8 Å². The highest BCUT2D eigenvalue weighted by molar-refractivity contribution is 6.35. The number of nitrogens with one attached hydrogen (secondary N) is 2. The molecule has 0 atom stereocenters. The lowest BCUT2D eigenvalue weighted by Gasteiger charge is -2.12. The van der Waals surface area contributed by atoms with E-state index in [1.165, 1.54) is 48.7 Å². The van der Waals surface area contributed by atoms with E-state index in [0.717, 1.165) is 6.07 Å². The first-order valence-corrected chi connectivity index (χ1v) is 10.5. The summed E-state index contributed by atoms with van der Waals surface area (Å²) in [4.78, 5) is 34.1. The van der Waals surface area contributed by atoms with Gasteiger partial charge in [0.15, 0.2) is 11.6 Å². The Morgan fingerprint density at radius 3 is 2.59 bits per heavy atom. The van der Waals surface area contributed by atoms with Crippen molar-refractivity contribution in [1.82, 2.24) is 9.97 Å². The van der Waals surface area contributed by atoms with Crippen molar-refractivity contribution in [2.75, 3.05) is 23.8 Å². The standard InChI is InChI=1S/C24H17ClF2N4O3/c25-16-5-7-18(31-24(34)14-2-1-3-15(26)10-14)22(27)21(16)23(33)13-4-6-17-19(11-13)30-20(12-29-17)28-8-9-32/h1-7,10-12,32H,8-9H2,(H,28,30)(H,31,34). The molecule has 0 spiro atoms. The molecule has 4 aromatic rings. The van der Waals surface area contributed by atoms with Crippen LogP contribution >= 0.6 is 11.6 Å². The number of fused-ring (bicyclic) bond motifs is 1. The van der Waals surface area contributed by atoms with Gasteiger partial charge in [-0.3, -0.25) is 14.6 Å². The molecule has 0 radical (unpaired) electrons. The Kier molecular flexibility index (Phi) is 6.76. The van der Waals surface area contributed by atoms with Crippen LogP contribution < -0.4 is 10.6 Å². The second-order valence-corrected chi connectivity index (χ2v) is 7.59. The number of aliphatic hydroxyl groups is 1. The van der Waals surface area contributed by atoms with Gasteiger partial charge in [-0.25, -0.2) is 13.8 Å². The Morgan fingerprint density at radius 2 is 1.82 bits per heavy atom. The number of rotatable bonds is 7. The molecule has 7 nitrogen and oxygen atoms in total. The van der Waals surface area contributed by atoms with E-state index in [1.54, 1.807) is 6.07 Å². The number of carbonyl (C=O) groups is 2. The average molecular weight is 483 g/mol. The van der Waals surface area contributed by atoms with Gasteiger partial charge in [-0.2, -0.15) is 0 Å². The molecule has 0 aliphatic rings. The smallest absolute Gasteiger partial charge is 0.255 e. The molecule has 0 bridgehead atoms. The molecule has 3 N–H and O–H groups in total. The van der Waals surface area contributed by atoms with E-state index in [4.69, 9.17) is 16.7 Å². The molecule has 34 heavy (non-hydrogen) atoms. The molecule has 4 rings (SSSR count). The number of hydrogen-bond donors (Lipinski definition) is 3. The molecule has 3 aromatic carbocycles. The van der Waals surface area contributed by atoms with E-state index in [2.05, 4.69) is 20.6 Å². The molecular formula is C24H17ClF2N4O3. The zero-order valence-electron chi connectivity index (χ0n) is 17.5. The zero-order chi connectivity index (χ0) is 24.2. The highest BCUT2D eigenvalue weighted by Crippen LogP contribution is 2.29. The van der Waals surface area contributed by atoms with Gasteiger partial charge < -0.3 is 15.7 Å². The largest absolute Gasteiger partial charge is 0.395 e. The van der Waals surface area contributed by atoms with Crippen LogP contribution in [0.3, 0.4) is 0 Å². The molecule has 172 valence electrons. The quantitative estimate of drug-likeness (QED) is 0.336. The summed E-state index contributed by atoms with van der Waals surface area (Å²) >= 11 is 6.14. The number of benzene rings is 3. The summed E-state index contributed by atoms with van der Waals surface area (Å²) in [6.07, 6.45) is 1.49. The van der Waals surface area contributed by atoms with Gasteiger partial charge in [-0.05, 0) is 48.5 Å². The van der Waals surface area contributed by atoms with Crippen molar-refractivity contribution in [3.63, 3.8) is 0 Å². The zero-order valence-corrected chi connectivity index (χ0v) is 18.2. The van der Waals surface area contributed by atoms with Crippen LogP contribution in [-0.4, -0.2) is 39.9 Å². The minimum atomic E-state index is -1.02. The lowest BCUT2D eigenvalue weighted by Crippen LogP contribution is -2.15. The number of amides is 1. The van der Waals surface area contributed by atoms with Gasteiger partial charge in [0.05, 0.1) is 40.1 Å². The topological polar surface area (TPSA) is 104 Å². The molecule has 0 fully saturated rings. The van der Waals surface area contributed by atoms with E-state index < -0.39 is 28.9 Å². The lowest BCUT2D eigenvalue weighted by atomic mass is 10.0. The maximum atomic E-state index is 15.3. The van der Waals surface area contributed by atoms with Crippen LogP contribution in [-0.2, 0) is 0 Å². The third-order valence-electron chi connectivity index (χ3n) is 4.88. The molecule has 1 amide bonds. The van der Waals surface area contributed by atoms with E-state index in [0.29, 0.717) is 16.9 Å². The number of aromatic nitrogens is 2. The monoisotopic (exact) mass is 482 g/mol. The van der Waals surface area contributed by atoms with Crippen molar-refractivity contribution in [2.45, 2.75) is 0 Å². The fraction of sp³-hybridized carbons (Fsp3) is 0.0833. The first-order chi connectivity index (χ1) is 16.4. The number of ketones is 1. The van der Waals surface area contributed by atoms with Crippen molar-refractivity contribution < 1.29 is 23.5 Å². The van der Waals surface area contributed by atoms with E-state index in [1.807, 2.05) is 0 Å². The van der Waals surface area contributed by atoms with E-state index >= 15 is 4.39 Å². The van der Waals surface area contributed by atoms with Gasteiger partial charge in [0.1, 0.15) is 11.6 Å². The summed E-state index contributed by atoms with van der Waals surface area (Å²) in [5.41, 5.74) is 0.268. The van der Waals surface area contributed by atoms with E-state index in [-0.39, 0.29) is 35.0 Å². The minimum Gasteiger partial charge on any atom is -0.395 e. The molecular weight excluding hydrogens is 466 g/mol. The van der Waals surface area contributed by atoms with Crippen molar-refractivity contribution in [3.05, 3.63) is 94.1 Å². The van der Waals surface area contributed by atoms with Gasteiger partial charge in [-0.1, -0.05) is 17.7 Å². The third kappa shape index (κ3) is 4.85. The van der Waals surface area contributed by atoms with Gasteiger partial charge >= 0.3 is 0 Å². The summed E-state index contributed by atoms with van der Waals surface area (Å²) in [5.74, 6) is -2.71. The second kappa shape index (κ2) is 9.90. The fourth-order valence-corrected chi connectivity index (χ4v) is 3.48. The Morgan fingerprint density at radius 1 is 1.00 bits per heavy atom. The highest BCUT2D eigenvalue weighted by atomic mass is 35.5. The predicted molar refractivity (Wildman–Crippen MR) is 124 cm³/mol. The van der Waals surface area contributed by atoms with Crippen LogP contribution in [0.2, 0.25) is 5.02 Å². The summed E-state index contributed by atoms with van der Waals surface area (Å²) in [7, 11) is 0. The first kappa shape index (κ1) is 23.2. The normalized spacial score (nSPS) is 10.8. The molecule has 0 aliphatic heterocycles. The lowest BCUT2D eigenvalue weighted by molar-refractivity contribution is 0.101. The molecule has 0 aliphatic carbocycles.